The number of amides is 1. The van der Waals surface area contributed by atoms with Crippen LogP contribution in [0, 0.1) is 11.3 Å². The van der Waals surface area contributed by atoms with Crippen molar-refractivity contribution in [3.05, 3.63) is 81.4 Å². The van der Waals surface area contributed by atoms with E-state index < -0.39 is 0 Å². The Morgan fingerprint density at radius 1 is 1.00 bits per heavy atom. The number of rotatable bonds is 2. The molecule has 1 heterocycles. The molecule has 4 rings (SSSR count). The summed E-state index contributed by atoms with van der Waals surface area (Å²) in [6.45, 7) is 0. The van der Waals surface area contributed by atoms with E-state index in [0.717, 1.165) is 11.1 Å². The standard InChI is InChI=1S/C20H11ClN2O2/c21-14-6-4-12(5-7-14)19-18-16(24)9-15(17(18)20(25)23-19)13-3-1-2-11(8-13)10-22/h1-8H,9H2,(H,23,25). The van der Waals surface area contributed by atoms with Crippen molar-refractivity contribution < 1.29 is 9.59 Å². The van der Waals surface area contributed by atoms with Gasteiger partial charge in [0.1, 0.15) is 0 Å². The van der Waals surface area contributed by atoms with Crippen LogP contribution in [0.3, 0.4) is 0 Å². The Kier molecular flexibility index (Phi) is 3.52. The molecule has 0 aromatic heterocycles. The van der Waals surface area contributed by atoms with Crippen LogP contribution in [-0.4, -0.2) is 11.7 Å². The molecule has 0 saturated heterocycles. The lowest BCUT2D eigenvalue weighted by atomic mass is 9.99. The highest BCUT2D eigenvalue weighted by molar-refractivity contribution is 6.32. The number of benzene rings is 2. The Balaban J connectivity index is 1.90. The lowest BCUT2D eigenvalue weighted by Gasteiger charge is -2.06. The van der Waals surface area contributed by atoms with Crippen LogP contribution in [0.1, 0.15) is 23.1 Å². The highest BCUT2D eigenvalue weighted by atomic mass is 35.5. The first-order valence-corrected chi connectivity index (χ1v) is 8.05. The van der Waals surface area contributed by atoms with Crippen LogP contribution >= 0.6 is 11.6 Å². The summed E-state index contributed by atoms with van der Waals surface area (Å²) in [6.07, 6.45) is 0.157. The summed E-state index contributed by atoms with van der Waals surface area (Å²) in [7, 11) is 0. The molecule has 1 aliphatic carbocycles. The highest BCUT2D eigenvalue weighted by Crippen LogP contribution is 2.42. The Morgan fingerprint density at radius 2 is 1.76 bits per heavy atom. The number of allylic oxidation sites excluding steroid dienone is 1. The molecule has 0 radical (unpaired) electrons. The molecule has 2 aromatic carbocycles. The number of hydrogen-bond acceptors (Lipinski definition) is 3. The molecule has 120 valence electrons. The second-order valence-electron chi connectivity index (χ2n) is 5.86. The van der Waals surface area contributed by atoms with Crippen molar-refractivity contribution in [2.45, 2.75) is 6.42 Å². The largest absolute Gasteiger partial charge is 0.321 e. The van der Waals surface area contributed by atoms with Gasteiger partial charge in [-0.3, -0.25) is 9.59 Å². The first-order valence-electron chi connectivity index (χ1n) is 7.67. The maximum absolute atomic E-state index is 12.6. The van der Waals surface area contributed by atoms with Crippen LogP contribution in [0.25, 0.3) is 11.3 Å². The third-order valence-corrected chi connectivity index (χ3v) is 4.61. The molecule has 0 fully saturated rings. The minimum absolute atomic E-state index is 0.101. The quantitative estimate of drug-likeness (QED) is 0.905. The van der Waals surface area contributed by atoms with Gasteiger partial charge in [0.15, 0.2) is 5.78 Å². The molecule has 0 saturated carbocycles. The summed E-state index contributed by atoms with van der Waals surface area (Å²) in [5, 5.41) is 12.5. The van der Waals surface area contributed by atoms with Gasteiger partial charge < -0.3 is 5.32 Å². The van der Waals surface area contributed by atoms with E-state index in [2.05, 4.69) is 11.4 Å². The van der Waals surface area contributed by atoms with Crippen LogP contribution in [0.5, 0.6) is 0 Å². The van der Waals surface area contributed by atoms with Gasteiger partial charge in [-0.05, 0) is 41.0 Å². The second-order valence-corrected chi connectivity index (χ2v) is 6.29. The fraction of sp³-hybridized carbons (Fsp3) is 0.0500. The number of carbonyl (C=O) groups excluding carboxylic acids is 2. The monoisotopic (exact) mass is 346 g/mol. The molecular formula is C20H11ClN2O2. The van der Waals surface area contributed by atoms with Gasteiger partial charge in [0.2, 0.25) is 0 Å². The summed E-state index contributed by atoms with van der Waals surface area (Å²) in [6, 6.07) is 16.0. The van der Waals surface area contributed by atoms with Crippen LogP contribution < -0.4 is 5.32 Å². The maximum Gasteiger partial charge on any atom is 0.256 e. The molecule has 0 atom stereocenters. The third kappa shape index (κ3) is 2.46. The molecule has 4 nitrogen and oxygen atoms in total. The molecular weight excluding hydrogens is 336 g/mol. The van der Waals surface area contributed by atoms with Gasteiger partial charge in [-0.15, -0.1) is 0 Å². The van der Waals surface area contributed by atoms with Crippen molar-refractivity contribution in [3.8, 4) is 6.07 Å². The number of nitrogens with one attached hydrogen (secondary N) is 1. The Hall–Kier alpha value is -3.16. The Morgan fingerprint density at radius 3 is 2.48 bits per heavy atom. The fourth-order valence-corrected chi connectivity index (χ4v) is 3.36. The Bertz CT molecular complexity index is 1040. The average molecular weight is 347 g/mol. The molecule has 0 bridgehead atoms. The molecule has 25 heavy (non-hydrogen) atoms. The van der Waals surface area contributed by atoms with Crippen molar-refractivity contribution in [2.75, 3.05) is 0 Å². The van der Waals surface area contributed by atoms with Crippen molar-refractivity contribution >= 4 is 34.6 Å². The molecule has 2 aromatic rings. The van der Waals surface area contributed by atoms with E-state index in [1.165, 1.54) is 0 Å². The number of hydrogen-bond donors (Lipinski definition) is 1. The zero-order valence-electron chi connectivity index (χ0n) is 13.0. The molecule has 1 N–H and O–H groups in total. The molecule has 1 aliphatic heterocycles. The van der Waals surface area contributed by atoms with Crippen LogP contribution in [0.15, 0.2) is 59.7 Å². The van der Waals surface area contributed by atoms with E-state index in [-0.39, 0.29) is 18.1 Å². The zero-order chi connectivity index (χ0) is 17.6. The second kappa shape index (κ2) is 5.73. The summed E-state index contributed by atoms with van der Waals surface area (Å²) in [5.74, 6) is -0.390. The van der Waals surface area contributed by atoms with E-state index in [4.69, 9.17) is 16.9 Å². The van der Waals surface area contributed by atoms with E-state index in [0.29, 0.717) is 33.0 Å². The number of ketones is 1. The van der Waals surface area contributed by atoms with E-state index >= 15 is 0 Å². The van der Waals surface area contributed by atoms with Gasteiger partial charge >= 0.3 is 0 Å². The van der Waals surface area contributed by atoms with E-state index in [1.54, 1.807) is 42.5 Å². The van der Waals surface area contributed by atoms with Crippen molar-refractivity contribution in [3.63, 3.8) is 0 Å². The van der Waals surface area contributed by atoms with Gasteiger partial charge in [0.05, 0.1) is 28.5 Å². The molecule has 0 spiro atoms. The number of Topliss-reactive ketones (excluding diaryl/α,β-unsaturated/α-hetero) is 1. The lowest BCUT2D eigenvalue weighted by molar-refractivity contribution is -0.116. The summed E-state index contributed by atoms with van der Waals surface area (Å²) in [4.78, 5) is 25.1. The predicted molar refractivity (Wildman–Crippen MR) is 94.2 cm³/mol. The summed E-state index contributed by atoms with van der Waals surface area (Å²) >= 11 is 5.91. The fourth-order valence-electron chi connectivity index (χ4n) is 3.24. The normalized spacial score (nSPS) is 16.2. The Labute approximate surface area is 149 Å². The maximum atomic E-state index is 12.6. The topological polar surface area (TPSA) is 70.0 Å². The van der Waals surface area contributed by atoms with Gasteiger partial charge in [-0.25, -0.2) is 0 Å². The average Bonchev–Trinajstić information content (AvgIpc) is 3.15. The molecule has 2 aliphatic rings. The molecule has 0 unspecified atom stereocenters. The number of nitrogens with zero attached hydrogens (tertiary/aromatic N) is 1. The van der Waals surface area contributed by atoms with Gasteiger partial charge in [0.25, 0.3) is 5.91 Å². The van der Waals surface area contributed by atoms with Gasteiger partial charge in [-0.1, -0.05) is 35.9 Å². The van der Waals surface area contributed by atoms with Crippen molar-refractivity contribution in [1.82, 2.24) is 5.32 Å². The highest BCUT2D eigenvalue weighted by Gasteiger charge is 2.40. The minimum Gasteiger partial charge on any atom is -0.321 e. The number of nitriles is 1. The number of halogens is 1. The van der Waals surface area contributed by atoms with Crippen LogP contribution in [0.4, 0.5) is 0 Å². The zero-order valence-corrected chi connectivity index (χ0v) is 13.7. The molecule has 5 heteroatoms. The van der Waals surface area contributed by atoms with Crippen LogP contribution in [0.2, 0.25) is 5.02 Å². The van der Waals surface area contributed by atoms with Crippen molar-refractivity contribution in [2.24, 2.45) is 0 Å². The summed E-state index contributed by atoms with van der Waals surface area (Å²) in [5.41, 5.74) is 3.97. The van der Waals surface area contributed by atoms with Crippen molar-refractivity contribution in [1.29, 1.82) is 5.26 Å². The number of carbonyl (C=O) groups is 2. The molecule has 1 amide bonds. The first kappa shape index (κ1) is 15.4. The van der Waals surface area contributed by atoms with E-state index in [9.17, 15) is 9.59 Å². The lowest BCUT2D eigenvalue weighted by Crippen LogP contribution is -2.16. The SMILES string of the molecule is N#Cc1cccc(C2=C3C(=O)NC(c4ccc(Cl)cc4)=C3C(=O)C2)c1. The first-order chi connectivity index (χ1) is 12.1. The summed E-state index contributed by atoms with van der Waals surface area (Å²) < 4.78 is 0. The predicted octanol–water partition coefficient (Wildman–Crippen LogP) is 3.48. The van der Waals surface area contributed by atoms with Gasteiger partial charge in [-0.2, -0.15) is 5.26 Å². The smallest absolute Gasteiger partial charge is 0.256 e. The van der Waals surface area contributed by atoms with Crippen LogP contribution in [-0.2, 0) is 9.59 Å². The number of fused-ring (bicyclic) bond motifs is 1. The van der Waals surface area contributed by atoms with Gasteiger partial charge in [0, 0.05) is 11.4 Å². The van der Waals surface area contributed by atoms with E-state index in [1.807, 2.05) is 6.07 Å². The third-order valence-electron chi connectivity index (χ3n) is 4.36. The minimum atomic E-state index is -0.289.